The van der Waals surface area contributed by atoms with Gasteiger partial charge in [-0.2, -0.15) is 0 Å². The van der Waals surface area contributed by atoms with Crippen molar-refractivity contribution in [1.82, 2.24) is 0 Å². The minimum atomic E-state index is -4.74. The highest BCUT2D eigenvalue weighted by Crippen LogP contribution is 2.55. The average molecular weight is 1360 g/mol. The number of carbonyl (C=O) groups is 1. The second-order valence-corrected chi connectivity index (χ2v) is 35.1. The summed E-state index contributed by atoms with van der Waals surface area (Å²) in [4.78, 5) is 33.7. The van der Waals surface area contributed by atoms with Crippen molar-refractivity contribution >= 4 is 158 Å². The average Bonchev–Trinajstić information content (AvgIpc) is 2.33. The molecule has 1 atom stereocenters. The van der Waals surface area contributed by atoms with Gasteiger partial charge in [-0.1, -0.05) is 224 Å². The van der Waals surface area contributed by atoms with Crippen LogP contribution in [0.15, 0.2) is 275 Å². The molecule has 0 amide bonds. The number of benzene rings is 10. The molecule has 448 valence electrons. The van der Waals surface area contributed by atoms with Crippen LogP contribution in [0.3, 0.4) is 0 Å². The maximum Gasteiger partial charge on any atom is 0.488 e. The molecule has 0 aliphatic heterocycles. The third-order valence-electron chi connectivity index (χ3n) is 13.8. The molecular formula is C74H66BBrClO6PS4Si. The third-order valence-corrected chi connectivity index (χ3v) is 19.6. The lowest BCUT2D eigenvalue weighted by Gasteiger charge is -2.18. The molecule has 14 aromatic rings. The number of hydrogen-bond donors (Lipinski definition) is 4. The van der Waals surface area contributed by atoms with Crippen molar-refractivity contribution in [2.24, 2.45) is 0 Å². The van der Waals surface area contributed by atoms with Crippen LogP contribution in [0, 0.1) is 0 Å². The maximum absolute atomic E-state index is 13.3. The van der Waals surface area contributed by atoms with Crippen LogP contribution in [-0.2, 0) is 21.7 Å². The van der Waals surface area contributed by atoms with Crippen molar-refractivity contribution in [1.29, 1.82) is 0 Å². The minimum Gasteiger partial charge on any atom is -0.423 e. The Kier molecular flexibility index (Phi) is 23.7. The molecule has 0 radical (unpaired) electrons. The molecule has 1 unspecified atom stereocenters. The van der Waals surface area contributed by atoms with Crippen LogP contribution in [0.2, 0.25) is 26.2 Å². The molecule has 0 fully saturated rings. The Hall–Kier alpha value is -6.91. The normalized spacial score (nSPS) is 11.4. The van der Waals surface area contributed by atoms with E-state index in [1.54, 1.807) is 63.7 Å². The SMILES string of the molecule is Brc1ccc2sccc2c1.C[Si](C)(C)C.ClCc1csc2ccc(-c3ccccc3)cc12.O=C(Cc1ccc2ccccc2c1)C(c1csc2ccc(-c3ccccc3)cc12)P(=O)(O)O.OB(O)c1ccccc1.c1ccc(-c2ccc3sccc3c2)cc1. The number of thiophene rings is 4. The third kappa shape index (κ3) is 19.1. The van der Waals surface area contributed by atoms with E-state index in [1.807, 2.05) is 109 Å². The van der Waals surface area contributed by atoms with Gasteiger partial charge < -0.3 is 19.8 Å². The Morgan fingerprint density at radius 3 is 1.45 bits per heavy atom. The summed E-state index contributed by atoms with van der Waals surface area (Å²) in [5.74, 6) is 0.0987. The van der Waals surface area contributed by atoms with Crippen molar-refractivity contribution < 1.29 is 29.2 Å². The highest BCUT2D eigenvalue weighted by Gasteiger charge is 2.38. The van der Waals surface area contributed by atoms with Crippen molar-refractivity contribution in [3.63, 3.8) is 0 Å². The fourth-order valence-electron chi connectivity index (χ4n) is 9.59. The van der Waals surface area contributed by atoms with E-state index in [2.05, 4.69) is 174 Å². The van der Waals surface area contributed by atoms with E-state index in [-0.39, 0.29) is 6.42 Å². The number of fused-ring (bicyclic) bond motifs is 5. The van der Waals surface area contributed by atoms with Gasteiger partial charge in [0.05, 0.1) is 0 Å². The van der Waals surface area contributed by atoms with E-state index in [9.17, 15) is 19.1 Å². The zero-order chi connectivity index (χ0) is 62.9. The quantitative estimate of drug-likeness (QED) is 0.0616. The molecule has 6 nitrogen and oxygen atoms in total. The predicted octanol–water partition coefficient (Wildman–Crippen LogP) is 21.6. The molecule has 4 heterocycles. The monoisotopic (exact) mass is 1360 g/mol. The highest BCUT2D eigenvalue weighted by atomic mass is 79.9. The van der Waals surface area contributed by atoms with Gasteiger partial charge in [0.1, 0.15) is 5.66 Å². The highest BCUT2D eigenvalue weighted by molar-refractivity contribution is 9.10. The minimum absolute atomic E-state index is 0.0453. The molecule has 14 rings (SSSR count). The largest absolute Gasteiger partial charge is 0.488 e. The standard InChI is InChI=1S/C27H21O4PS.C15H11ClS.C14H10S.C8H5BrS.C6H7BO2.C4H12Si/c28-25(15-18-10-11-20-8-4-5-9-21(20)14-18)27(32(29,30)31)24-17-33-26-13-12-22(16-23(24)26)19-6-2-1-3-7-19;16-9-13-10-17-15-7-6-12(8-14(13)15)11-4-2-1-3-5-11;1-2-4-11(5-3-1)12-6-7-14-13(10-12)8-9-15-14;9-7-1-2-8-6(5-7)3-4-10-8;8-7(9)6-4-2-1-3-5-6;1-5(2,3)4/h1-14,16-17,27H,15H2,(H2,29,30,31);1-8,10H,9H2;1-10H;1-5H;1-5,8-9H;1-4H3. The van der Waals surface area contributed by atoms with Crippen molar-refractivity contribution in [2.45, 2.75) is 44.1 Å². The molecule has 0 aliphatic carbocycles. The fourth-order valence-corrected chi connectivity index (χ4v) is 14.9. The Balaban J connectivity index is 0.000000141. The predicted molar refractivity (Wildman–Crippen MR) is 394 cm³/mol. The van der Waals surface area contributed by atoms with Gasteiger partial charge in [-0.25, -0.2) is 0 Å². The first-order valence-corrected chi connectivity index (χ1v) is 39.2. The number of alkyl halides is 1. The number of rotatable bonds is 10. The maximum atomic E-state index is 13.3. The van der Waals surface area contributed by atoms with E-state index in [4.69, 9.17) is 21.6 Å². The second kappa shape index (κ2) is 31.7. The first kappa shape index (κ1) is 66.5. The van der Waals surface area contributed by atoms with Gasteiger partial charge in [-0.3, -0.25) is 9.36 Å². The van der Waals surface area contributed by atoms with E-state index < -0.39 is 34.2 Å². The van der Waals surface area contributed by atoms with Crippen LogP contribution in [0.5, 0.6) is 0 Å². The molecule has 4 aromatic heterocycles. The molecule has 4 N–H and O–H groups in total. The number of halogens is 2. The van der Waals surface area contributed by atoms with Crippen molar-refractivity contribution in [3.05, 3.63) is 291 Å². The molecule has 0 saturated carbocycles. The van der Waals surface area contributed by atoms with E-state index >= 15 is 0 Å². The van der Waals surface area contributed by atoms with Crippen LogP contribution in [0.1, 0.15) is 22.3 Å². The molecule has 0 bridgehead atoms. The van der Waals surface area contributed by atoms with Crippen LogP contribution < -0.4 is 5.46 Å². The van der Waals surface area contributed by atoms with Crippen molar-refractivity contribution in [2.75, 3.05) is 0 Å². The topological polar surface area (TPSA) is 115 Å². The Morgan fingerprint density at radius 1 is 0.483 bits per heavy atom. The molecule has 0 saturated heterocycles. The molecule has 10 aromatic carbocycles. The lowest BCUT2D eigenvalue weighted by Crippen LogP contribution is -2.29. The van der Waals surface area contributed by atoms with Crippen LogP contribution in [-0.4, -0.2) is 40.8 Å². The van der Waals surface area contributed by atoms with Gasteiger partial charge >= 0.3 is 14.7 Å². The van der Waals surface area contributed by atoms with E-state index in [1.165, 1.54) is 69.4 Å². The lowest BCUT2D eigenvalue weighted by atomic mass is 9.81. The summed E-state index contributed by atoms with van der Waals surface area (Å²) >= 11 is 16.1. The van der Waals surface area contributed by atoms with E-state index in [0.717, 1.165) is 36.6 Å². The number of ketones is 1. The first-order valence-electron chi connectivity index (χ1n) is 28.7. The summed E-state index contributed by atoms with van der Waals surface area (Å²) in [6.45, 7) is 9.31. The summed E-state index contributed by atoms with van der Waals surface area (Å²) < 4.78 is 18.6. The zero-order valence-corrected chi connectivity index (χ0v) is 57.0. The zero-order valence-electron chi connectivity index (χ0n) is 49.5. The van der Waals surface area contributed by atoms with Crippen LogP contribution in [0.4, 0.5) is 0 Å². The Morgan fingerprint density at radius 2 is 0.933 bits per heavy atom. The number of hydrogen-bond acceptors (Lipinski definition) is 8. The van der Waals surface area contributed by atoms with Gasteiger partial charge in [0.25, 0.3) is 0 Å². The summed E-state index contributed by atoms with van der Waals surface area (Å²) in [5, 5.41) is 32.0. The van der Waals surface area contributed by atoms with Crippen molar-refractivity contribution in [3.8, 4) is 33.4 Å². The van der Waals surface area contributed by atoms with Gasteiger partial charge in [-0.15, -0.1) is 56.9 Å². The number of Topliss-reactive ketones (excluding diaryl/α,β-unsaturated/α-hetero) is 1. The lowest BCUT2D eigenvalue weighted by molar-refractivity contribution is -0.118. The van der Waals surface area contributed by atoms with Gasteiger partial charge in [0.15, 0.2) is 5.78 Å². The Bertz CT molecular complexity index is 4600. The van der Waals surface area contributed by atoms with Gasteiger partial charge in [0, 0.05) is 43.6 Å². The second-order valence-electron chi connectivity index (χ2n) is 22.5. The smallest absolute Gasteiger partial charge is 0.423 e. The molecule has 89 heavy (non-hydrogen) atoms. The Labute approximate surface area is 551 Å². The molecule has 0 aliphatic rings. The summed E-state index contributed by atoms with van der Waals surface area (Å²) in [6.07, 6.45) is -0.0453. The van der Waals surface area contributed by atoms with Crippen LogP contribution in [0.25, 0.3) is 84.5 Å². The fraction of sp³-hybridized carbons (Fsp3) is 0.0946. The van der Waals surface area contributed by atoms with E-state index in [0.29, 0.717) is 22.3 Å². The summed E-state index contributed by atoms with van der Waals surface area (Å²) in [5.41, 5.74) is 8.41. The summed E-state index contributed by atoms with van der Waals surface area (Å²) in [6, 6.07) is 82.6. The number of carbonyl (C=O) groups excluding carboxylic acids is 1. The van der Waals surface area contributed by atoms with Gasteiger partial charge in [-0.05, 0) is 176 Å². The summed E-state index contributed by atoms with van der Waals surface area (Å²) in [7, 11) is -6.69. The first-order chi connectivity index (χ1) is 42.9. The van der Waals surface area contributed by atoms with Crippen LogP contribution >= 0.6 is 80.5 Å². The molecular weight excluding hydrogens is 1300 g/mol. The molecule has 15 heteroatoms. The van der Waals surface area contributed by atoms with Gasteiger partial charge in [0.2, 0.25) is 0 Å². The molecule has 0 spiro atoms.